The fourth-order valence-corrected chi connectivity index (χ4v) is 4.52. The van der Waals surface area contributed by atoms with Gasteiger partial charge in [0.2, 0.25) is 0 Å². The molecule has 1 saturated carbocycles. The van der Waals surface area contributed by atoms with Crippen molar-refractivity contribution >= 4 is 0 Å². The lowest BCUT2D eigenvalue weighted by atomic mass is 9.91. The lowest BCUT2D eigenvalue weighted by Crippen LogP contribution is -2.37. The van der Waals surface area contributed by atoms with Crippen LogP contribution in [0.1, 0.15) is 36.4 Å². The lowest BCUT2D eigenvalue weighted by Gasteiger charge is -2.25. The van der Waals surface area contributed by atoms with E-state index in [9.17, 15) is 0 Å². The van der Waals surface area contributed by atoms with E-state index in [1.54, 1.807) is 7.11 Å². The summed E-state index contributed by atoms with van der Waals surface area (Å²) in [6.07, 6.45) is 3.97. The molecular weight excluding hydrogens is 296 g/mol. The second kappa shape index (κ2) is 6.96. The van der Waals surface area contributed by atoms with E-state index in [-0.39, 0.29) is 0 Å². The molecule has 0 aromatic heterocycles. The van der Waals surface area contributed by atoms with Crippen molar-refractivity contribution in [1.29, 1.82) is 0 Å². The van der Waals surface area contributed by atoms with E-state index < -0.39 is 0 Å². The number of hydrogen-bond donors (Lipinski definition) is 2. The third kappa shape index (κ3) is 2.94. The highest BCUT2D eigenvalue weighted by atomic mass is 16.5. The van der Waals surface area contributed by atoms with Crippen LogP contribution in [-0.4, -0.2) is 19.2 Å². The molecule has 2 aromatic rings. The molecule has 0 amide bonds. The highest BCUT2D eigenvalue weighted by molar-refractivity contribution is 5.33. The van der Waals surface area contributed by atoms with Crippen LogP contribution in [0.5, 0.6) is 5.75 Å². The summed E-state index contributed by atoms with van der Waals surface area (Å²) in [6, 6.07) is 20.7. The summed E-state index contributed by atoms with van der Waals surface area (Å²) in [5.41, 5.74) is 2.62. The summed E-state index contributed by atoms with van der Waals surface area (Å²) in [4.78, 5) is 0. The third-order valence-corrected chi connectivity index (χ3v) is 5.66. The Hall–Kier alpha value is -1.84. The van der Waals surface area contributed by atoms with Crippen molar-refractivity contribution in [3.8, 4) is 5.75 Å². The fourth-order valence-electron chi connectivity index (χ4n) is 4.52. The number of fused-ring (bicyclic) bond motifs is 1. The van der Waals surface area contributed by atoms with Crippen LogP contribution in [0.25, 0.3) is 0 Å². The van der Waals surface area contributed by atoms with Gasteiger partial charge in [0.25, 0.3) is 0 Å². The van der Waals surface area contributed by atoms with Crippen molar-refractivity contribution in [3.63, 3.8) is 0 Å². The van der Waals surface area contributed by atoms with Gasteiger partial charge in [-0.2, -0.15) is 0 Å². The molecule has 2 N–H and O–H groups in total. The van der Waals surface area contributed by atoms with Gasteiger partial charge >= 0.3 is 0 Å². The van der Waals surface area contributed by atoms with Crippen molar-refractivity contribution in [2.24, 2.45) is 5.92 Å². The molecule has 126 valence electrons. The van der Waals surface area contributed by atoms with Gasteiger partial charge in [0.05, 0.1) is 7.11 Å². The molecule has 2 aromatic carbocycles. The summed E-state index contributed by atoms with van der Waals surface area (Å²) in [5, 5.41) is 7.74. The highest BCUT2D eigenvalue weighted by Gasteiger charge is 2.45. The smallest absolute Gasteiger partial charge is 0.123 e. The van der Waals surface area contributed by atoms with Crippen molar-refractivity contribution < 1.29 is 4.74 Å². The number of ether oxygens (including phenoxy) is 1. The van der Waals surface area contributed by atoms with E-state index in [1.807, 2.05) is 12.1 Å². The molecule has 1 aliphatic heterocycles. The van der Waals surface area contributed by atoms with Gasteiger partial charge in [-0.15, -0.1) is 0 Å². The molecule has 3 nitrogen and oxygen atoms in total. The molecule has 2 fully saturated rings. The SMILES string of the molecule is COc1ccccc1CN[C@H]1[C@H]2CCC[C@H]2N[C@@H]1c1ccccc1. The number of methoxy groups -OCH3 is 1. The monoisotopic (exact) mass is 322 g/mol. The molecule has 4 atom stereocenters. The summed E-state index contributed by atoms with van der Waals surface area (Å²) < 4.78 is 5.50. The summed E-state index contributed by atoms with van der Waals surface area (Å²) in [7, 11) is 1.75. The molecule has 3 heteroatoms. The van der Waals surface area contributed by atoms with Gasteiger partial charge < -0.3 is 15.4 Å². The zero-order valence-corrected chi connectivity index (χ0v) is 14.2. The standard InChI is InChI=1S/C21H26N2O/c1-24-19-13-6-5-10-16(19)14-22-21-17-11-7-12-18(17)23-20(21)15-8-3-2-4-9-15/h2-6,8-10,13,17-18,20-23H,7,11-12,14H2,1H3/t17-,18+,20+,21-/m0/s1. The Morgan fingerprint density at radius 1 is 1.04 bits per heavy atom. The van der Waals surface area contributed by atoms with E-state index in [0.717, 1.165) is 18.2 Å². The minimum Gasteiger partial charge on any atom is -0.496 e. The molecule has 4 rings (SSSR count). The summed E-state index contributed by atoms with van der Waals surface area (Å²) in [6.45, 7) is 0.850. The predicted molar refractivity (Wildman–Crippen MR) is 97.1 cm³/mol. The molecule has 24 heavy (non-hydrogen) atoms. The van der Waals surface area contributed by atoms with Crippen LogP contribution in [0.3, 0.4) is 0 Å². The number of rotatable bonds is 5. The average Bonchev–Trinajstić information content (AvgIpc) is 3.22. The minimum absolute atomic E-state index is 0.399. The molecule has 1 heterocycles. The number of nitrogens with one attached hydrogen (secondary N) is 2. The Labute approximate surface area is 144 Å². The van der Waals surface area contributed by atoms with Gasteiger partial charge in [-0.25, -0.2) is 0 Å². The first-order valence-electron chi connectivity index (χ1n) is 9.03. The van der Waals surface area contributed by atoms with Crippen LogP contribution in [-0.2, 0) is 6.54 Å². The maximum Gasteiger partial charge on any atom is 0.123 e. The molecule has 0 unspecified atom stereocenters. The Balaban J connectivity index is 1.54. The van der Waals surface area contributed by atoms with E-state index >= 15 is 0 Å². The second-order valence-corrected chi connectivity index (χ2v) is 6.97. The molecule has 2 aliphatic rings. The van der Waals surface area contributed by atoms with Crippen LogP contribution in [0.4, 0.5) is 0 Å². The van der Waals surface area contributed by atoms with E-state index in [0.29, 0.717) is 18.1 Å². The van der Waals surface area contributed by atoms with Gasteiger partial charge in [0.1, 0.15) is 5.75 Å². The van der Waals surface area contributed by atoms with Gasteiger partial charge in [0, 0.05) is 30.2 Å². The average molecular weight is 322 g/mol. The van der Waals surface area contributed by atoms with Gasteiger partial charge in [-0.05, 0) is 30.4 Å². The quantitative estimate of drug-likeness (QED) is 0.881. The van der Waals surface area contributed by atoms with Crippen LogP contribution in [0, 0.1) is 5.92 Å². The topological polar surface area (TPSA) is 33.3 Å². The number of para-hydroxylation sites is 1. The summed E-state index contributed by atoms with van der Waals surface area (Å²) in [5.74, 6) is 1.69. The first-order chi connectivity index (χ1) is 11.9. The van der Waals surface area contributed by atoms with Gasteiger partial charge in [0.15, 0.2) is 0 Å². The van der Waals surface area contributed by atoms with Crippen molar-refractivity contribution in [2.45, 2.75) is 43.9 Å². The number of hydrogen-bond acceptors (Lipinski definition) is 3. The van der Waals surface area contributed by atoms with Crippen LogP contribution >= 0.6 is 0 Å². The van der Waals surface area contributed by atoms with Crippen LogP contribution in [0.15, 0.2) is 54.6 Å². The fraction of sp³-hybridized carbons (Fsp3) is 0.429. The molecular formula is C21H26N2O. The molecule has 1 saturated heterocycles. The highest BCUT2D eigenvalue weighted by Crippen LogP contribution is 2.41. The van der Waals surface area contributed by atoms with Crippen molar-refractivity contribution in [1.82, 2.24) is 10.6 Å². The molecule has 1 aliphatic carbocycles. The van der Waals surface area contributed by atoms with E-state index in [1.165, 1.54) is 30.4 Å². The van der Waals surface area contributed by atoms with E-state index in [4.69, 9.17) is 4.74 Å². The maximum absolute atomic E-state index is 5.50. The Bertz CT molecular complexity index is 673. The van der Waals surface area contributed by atoms with Crippen LogP contribution < -0.4 is 15.4 Å². The largest absolute Gasteiger partial charge is 0.496 e. The first kappa shape index (κ1) is 15.7. The van der Waals surface area contributed by atoms with Crippen molar-refractivity contribution in [3.05, 3.63) is 65.7 Å². The maximum atomic E-state index is 5.50. The molecule has 0 bridgehead atoms. The third-order valence-electron chi connectivity index (χ3n) is 5.66. The molecule has 0 radical (unpaired) electrons. The Morgan fingerprint density at radius 3 is 2.67 bits per heavy atom. The normalized spacial score (nSPS) is 28.7. The van der Waals surface area contributed by atoms with Crippen molar-refractivity contribution in [2.75, 3.05) is 7.11 Å². The lowest BCUT2D eigenvalue weighted by molar-refractivity contribution is 0.365. The summed E-state index contributed by atoms with van der Waals surface area (Å²) >= 11 is 0. The predicted octanol–water partition coefficient (Wildman–Crippen LogP) is 3.67. The second-order valence-electron chi connectivity index (χ2n) is 6.97. The van der Waals surface area contributed by atoms with Crippen LogP contribution in [0.2, 0.25) is 0 Å². The minimum atomic E-state index is 0.399. The zero-order valence-electron chi connectivity index (χ0n) is 14.2. The Morgan fingerprint density at radius 2 is 1.83 bits per heavy atom. The number of benzene rings is 2. The van der Waals surface area contributed by atoms with Gasteiger partial charge in [-0.1, -0.05) is 55.0 Å². The van der Waals surface area contributed by atoms with Gasteiger partial charge in [-0.3, -0.25) is 0 Å². The van der Waals surface area contributed by atoms with E-state index in [2.05, 4.69) is 53.1 Å². The Kier molecular flexibility index (Phi) is 4.54. The zero-order chi connectivity index (χ0) is 16.4. The molecule has 0 spiro atoms. The first-order valence-corrected chi connectivity index (χ1v) is 9.03.